The molecule has 25 heavy (non-hydrogen) atoms. The number of esters is 1. The second-order valence-electron chi connectivity index (χ2n) is 6.60. The molecule has 0 unspecified atom stereocenters. The molecule has 2 aliphatic rings. The third-order valence-electron chi connectivity index (χ3n) is 4.56. The van der Waals surface area contributed by atoms with Crippen LogP contribution in [0, 0.1) is 19.8 Å². The van der Waals surface area contributed by atoms with Gasteiger partial charge in [0.15, 0.2) is 12.4 Å². The van der Waals surface area contributed by atoms with E-state index in [4.69, 9.17) is 4.74 Å². The standard InChI is InChI=1S/C16H19N5O3S/c1-8-9(2)25-15(17-14(22)10-3-4-10)13(8)16(23)24-7-12-18-19-20-21(12)11-5-6-11/h10-11H,3-7H2,1-2H3,(H,17,22). The third-order valence-corrected chi connectivity index (χ3v) is 5.68. The highest BCUT2D eigenvalue weighted by Gasteiger charge is 2.32. The monoisotopic (exact) mass is 361 g/mol. The summed E-state index contributed by atoms with van der Waals surface area (Å²) in [6.07, 6.45) is 3.93. The minimum Gasteiger partial charge on any atom is -0.454 e. The van der Waals surface area contributed by atoms with Crippen molar-refractivity contribution in [3.05, 3.63) is 21.8 Å². The van der Waals surface area contributed by atoms with E-state index in [-0.39, 0.29) is 18.4 Å². The molecule has 9 heteroatoms. The molecule has 132 valence electrons. The van der Waals surface area contributed by atoms with E-state index in [2.05, 4.69) is 20.8 Å². The summed E-state index contributed by atoms with van der Waals surface area (Å²) in [6.45, 7) is 3.81. The summed E-state index contributed by atoms with van der Waals surface area (Å²) in [6, 6.07) is 0.322. The second-order valence-corrected chi connectivity index (χ2v) is 7.82. The van der Waals surface area contributed by atoms with Crippen LogP contribution in [0.3, 0.4) is 0 Å². The average Bonchev–Trinajstić information content (AvgIpc) is 3.50. The van der Waals surface area contributed by atoms with Crippen LogP contribution in [0.5, 0.6) is 0 Å². The van der Waals surface area contributed by atoms with Gasteiger partial charge in [0.05, 0.1) is 11.6 Å². The smallest absolute Gasteiger partial charge is 0.341 e. The molecule has 0 spiro atoms. The number of carbonyl (C=O) groups is 2. The van der Waals surface area contributed by atoms with E-state index in [9.17, 15) is 9.59 Å². The molecule has 4 rings (SSSR count). The number of anilines is 1. The molecule has 0 bridgehead atoms. The van der Waals surface area contributed by atoms with E-state index in [1.54, 1.807) is 4.68 Å². The number of nitrogens with one attached hydrogen (secondary N) is 1. The number of thiophene rings is 1. The Labute approximate surface area is 148 Å². The summed E-state index contributed by atoms with van der Waals surface area (Å²) in [7, 11) is 0. The van der Waals surface area contributed by atoms with Crippen molar-refractivity contribution in [3.8, 4) is 0 Å². The van der Waals surface area contributed by atoms with Crippen LogP contribution in [-0.2, 0) is 16.1 Å². The Bertz CT molecular complexity index is 835. The Morgan fingerprint density at radius 1 is 1.28 bits per heavy atom. The first-order chi connectivity index (χ1) is 12.0. The number of amides is 1. The normalized spacial score (nSPS) is 16.7. The second kappa shape index (κ2) is 6.21. The zero-order valence-corrected chi connectivity index (χ0v) is 14.9. The van der Waals surface area contributed by atoms with Crippen LogP contribution in [0.15, 0.2) is 0 Å². The van der Waals surface area contributed by atoms with Crippen molar-refractivity contribution in [2.45, 2.75) is 52.2 Å². The third kappa shape index (κ3) is 3.28. The molecule has 0 radical (unpaired) electrons. The fourth-order valence-corrected chi connectivity index (χ4v) is 3.68. The molecule has 0 saturated heterocycles. The first-order valence-corrected chi connectivity index (χ1v) is 9.21. The maximum absolute atomic E-state index is 12.6. The summed E-state index contributed by atoms with van der Waals surface area (Å²) >= 11 is 1.41. The highest BCUT2D eigenvalue weighted by molar-refractivity contribution is 7.16. The Morgan fingerprint density at radius 2 is 2.04 bits per heavy atom. The zero-order chi connectivity index (χ0) is 17.6. The summed E-state index contributed by atoms with van der Waals surface area (Å²) in [5, 5.41) is 15.0. The van der Waals surface area contributed by atoms with Gasteiger partial charge in [-0.1, -0.05) is 0 Å². The fourth-order valence-electron chi connectivity index (χ4n) is 2.63. The van der Waals surface area contributed by atoms with Gasteiger partial charge in [-0.25, -0.2) is 9.48 Å². The summed E-state index contributed by atoms with van der Waals surface area (Å²) in [5.41, 5.74) is 1.27. The van der Waals surface area contributed by atoms with Crippen LogP contribution in [-0.4, -0.2) is 32.1 Å². The number of aromatic nitrogens is 4. The first-order valence-electron chi connectivity index (χ1n) is 8.39. The van der Waals surface area contributed by atoms with Gasteiger partial charge >= 0.3 is 5.97 Å². The molecule has 2 aromatic rings. The summed E-state index contributed by atoms with van der Waals surface area (Å²) < 4.78 is 7.15. The van der Waals surface area contributed by atoms with E-state index >= 15 is 0 Å². The molecular formula is C16H19N5O3S. The SMILES string of the molecule is Cc1sc(NC(=O)C2CC2)c(C(=O)OCc2nnnn2C2CC2)c1C. The van der Waals surface area contributed by atoms with Gasteiger partial charge in [-0.15, -0.1) is 16.4 Å². The summed E-state index contributed by atoms with van der Waals surface area (Å²) in [4.78, 5) is 25.7. The Hall–Kier alpha value is -2.29. The quantitative estimate of drug-likeness (QED) is 0.793. The predicted octanol–water partition coefficient (Wildman–Crippen LogP) is 2.39. The van der Waals surface area contributed by atoms with Crippen molar-refractivity contribution in [1.29, 1.82) is 0 Å². The van der Waals surface area contributed by atoms with Gasteiger partial charge in [-0.2, -0.15) is 0 Å². The number of hydrogen-bond acceptors (Lipinski definition) is 7. The first kappa shape index (κ1) is 16.2. The largest absolute Gasteiger partial charge is 0.454 e. The van der Waals surface area contributed by atoms with E-state index in [0.717, 1.165) is 36.1 Å². The molecule has 2 aromatic heterocycles. The molecule has 0 atom stereocenters. The number of aryl methyl sites for hydroxylation is 1. The van der Waals surface area contributed by atoms with E-state index < -0.39 is 5.97 Å². The minimum atomic E-state index is -0.460. The molecular weight excluding hydrogens is 342 g/mol. The maximum Gasteiger partial charge on any atom is 0.341 e. The summed E-state index contributed by atoms with van der Waals surface area (Å²) in [5.74, 6) is 0.144. The van der Waals surface area contributed by atoms with Crippen molar-refractivity contribution in [2.75, 3.05) is 5.32 Å². The van der Waals surface area contributed by atoms with Crippen LogP contribution in [0.1, 0.15) is 58.3 Å². The van der Waals surface area contributed by atoms with Crippen molar-refractivity contribution in [2.24, 2.45) is 5.92 Å². The number of nitrogens with zero attached hydrogens (tertiary/aromatic N) is 4. The van der Waals surface area contributed by atoms with E-state index in [0.29, 0.717) is 22.4 Å². The number of hydrogen-bond donors (Lipinski definition) is 1. The highest BCUT2D eigenvalue weighted by atomic mass is 32.1. The van der Waals surface area contributed by atoms with Gasteiger partial charge in [0.25, 0.3) is 0 Å². The van der Waals surface area contributed by atoms with Crippen LogP contribution in [0.2, 0.25) is 0 Å². The van der Waals surface area contributed by atoms with E-state index in [1.165, 1.54) is 11.3 Å². The maximum atomic E-state index is 12.6. The highest BCUT2D eigenvalue weighted by Crippen LogP contribution is 2.37. The molecule has 0 aliphatic heterocycles. The van der Waals surface area contributed by atoms with Crippen LogP contribution in [0.4, 0.5) is 5.00 Å². The lowest BCUT2D eigenvalue weighted by Crippen LogP contribution is -2.16. The molecule has 2 aliphatic carbocycles. The van der Waals surface area contributed by atoms with Crippen molar-refractivity contribution >= 4 is 28.2 Å². The number of tetrazole rings is 1. The molecule has 1 N–H and O–H groups in total. The Kier molecular flexibility index (Phi) is 4.03. The molecule has 2 fully saturated rings. The lowest BCUT2D eigenvalue weighted by Gasteiger charge is -2.08. The van der Waals surface area contributed by atoms with Crippen molar-refractivity contribution in [3.63, 3.8) is 0 Å². The Morgan fingerprint density at radius 3 is 2.72 bits per heavy atom. The van der Waals surface area contributed by atoms with Gasteiger partial charge < -0.3 is 10.1 Å². The zero-order valence-electron chi connectivity index (χ0n) is 14.1. The van der Waals surface area contributed by atoms with Gasteiger partial charge in [-0.05, 0) is 55.5 Å². The molecule has 0 aromatic carbocycles. The fraction of sp³-hybridized carbons (Fsp3) is 0.562. The minimum absolute atomic E-state index is 0.0204. The lowest BCUT2D eigenvalue weighted by molar-refractivity contribution is -0.117. The average molecular weight is 361 g/mol. The number of rotatable bonds is 6. The lowest BCUT2D eigenvalue weighted by atomic mass is 10.1. The number of carbonyl (C=O) groups excluding carboxylic acids is 2. The van der Waals surface area contributed by atoms with Crippen molar-refractivity contribution < 1.29 is 14.3 Å². The Balaban J connectivity index is 1.48. The van der Waals surface area contributed by atoms with E-state index in [1.807, 2.05) is 13.8 Å². The van der Waals surface area contributed by atoms with Gasteiger partial charge in [0.2, 0.25) is 5.91 Å². The van der Waals surface area contributed by atoms with Gasteiger partial charge in [0.1, 0.15) is 5.00 Å². The van der Waals surface area contributed by atoms with Crippen molar-refractivity contribution in [1.82, 2.24) is 20.2 Å². The van der Waals surface area contributed by atoms with Gasteiger partial charge in [0, 0.05) is 10.8 Å². The van der Waals surface area contributed by atoms with Crippen LogP contribution < -0.4 is 5.32 Å². The molecule has 2 heterocycles. The van der Waals surface area contributed by atoms with Crippen LogP contribution in [0.25, 0.3) is 0 Å². The molecule has 2 saturated carbocycles. The molecule has 1 amide bonds. The van der Waals surface area contributed by atoms with Crippen LogP contribution >= 0.6 is 11.3 Å². The predicted molar refractivity (Wildman–Crippen MR) is 90.4 cm³/mol. The topological polar surface area (TPSA) is 99.0 Å². The van der Waals surface area contributed by atoms with Gasteiger partial charge in [-0.3, -0.25) is 4.79 Å². The molecule has 8 nitrogen and oxygen atoms in total. The number of ether oxygens (including phenoxy) is 1.